The highest BCUT2D eigenvalue weighted by molar-refractivity contribution is 7.92. The summed E-state index contributed by atoms with van der Waals surface area (Å²) in [6.45, 7) is 4.62. The van der Waals surface area contributed by atoms with Gasteiger partial charge in [0, 0.05) is 13.6 Å². The quantitative estimate of drug-likeness (QED) is 0.688. The number of thiocarbonyl (C=S) groups is 1. The Balaban J connectivity index is 4.22. The topological polar surface area (TPSA) is 63.4 Å². The molecule has 0 heterocycles. The van der Waals surface area contributed by atoms with E-state index in [4.69, 9.17) is 5.73 Å². The first-order chi connectivity index (χ1) is 6.25. The number of hydrogen-bond acceptors (Lipinski definition) is 3. The van der Waals surface area contributed by atoms with Crippen LogP contribution in [0.1, 0.15) is 20.3 Å². The van der Waals surface area contributed by atoms with Crippen LogP contribution in [0.15, 0.2) is 0 Å². The highest BCUT2D eigenvalue weighted by Crippen LogP contribution is 2.04. The van der Waals surface area contributed by atoms with Crippen molar-refractivity contribution in [2.45, 2.75) is 20.3 Å². The first kappa shape index (κ1) is 13.8. The monoisotopic (exact) mass is 238 g/mol. The number of hydrogen-bond donors (Lipinski definition) is 1. The van der Waals surface area contributed by atoms with E-state index < -0.39 is 10.0 Å². The molecule has 0 atom stereocenters. The summed E-state index contributed by atoms with van der Waals surface area (Å²) in [6.07, 6.45) is 0.840. The first-order valence-corrected chi connectivity index (χ1v) is 6.49. The molecule has 0 radical (unpaired) electrons. The second-order valence-corrected chi connectivity index (χ2v) is 6.33. The van der Waals surface area contributed by atoms with Crippen LogP contribution in [-0.2, 0) is 10.0 Å². The van der Waals surface area contributed by atoms with Crippen LogP contribution in [0, 0.1) is 5.92 Å². The van der Waals surface area contributed by atoms with Crippen molar-refractivity contribution in [2.75, 3.05) is 19.3 Å². The van der Waals surface area contributed by atoms with E-state index >= 15 is 0 Å². The van der Waals surface area contributed by atoms with Gasteiger partial charge in [0.1, 0.15) is 5.75 Å². The van der Waals surface area contributed by atoms with Crippen LogP contribution in [-0.4, -0.2) is 37.1 Å². The third-order valence-corrected chi connectivity index (χ3v) is 3.96. The lowest BCUT2D eigenvalue weighted by atomic mass is 10.1. The molecule has 84 valence electrons. The zero-order chi connectivity index (χ0) is 11.4. The molecular weight excluding hydrogens is 220 g/mol. The second kappa shape index (κ2) is 5.63. The fraction of sp³-hybridized carbons (Fsp3) is 0.875. The molecule has 0 saturated carbocycles. The van der Waals surface area contributed by atoms with Gasteiger partial charge in [-0.1, -0.05) is 26.1 Å². The highest BCUT2D eigenvalue weighted by atomic mass is 32.2. The Morgan fingerprint density at radius 3 is 2.36 bits per heavy atom. The number of nitrogens with two attached hydrogens (primary N) is 1. The predicted molar refractivity (Wildman–Crippen MR) is 62.7 cm³/mol. The third kappa shape index (κ3) is 5.51. The van der Waals surface area contributed by atoms with Gasteiger partial charge in [-0.2, -0.15) is 0 Å². The van der Waals surface area contributed by atoms with E-state index in [1.165, 1.54) is 4.31 Å². The second-order valence-electron chi connectivity index (χ2n) is 3.73. The van der Waals surface area contributed by atoms with Crippen LogP contribution >= 0.6 is 12.2 Å². The Kier molecular flexibility index (Phi) is 5.54. The standard InChI is InChI=1S/C8H18N2O2S2/c1-7(2)4-5-10(3)14(11,12)6-8(9)13/h7H,4-6H2,1-3H3,(H2,9,13). The van der Waals surface area contributed by atoms with Crippen molar-refractivity contribution in [3.8, 4) is 0 Å². The highest BCUT2D eigenvalue weighted by Gasteiger charge is 2.18. The summed E-state index contributed by atoms with van der Waals surface area (Å²) in [5.74, 6) is 0.245. The van der Waals surface area contributed by atoms with Gasteiger partial charge in [0.15, 0.2) is 0 Å². The molecule has 4 nitrogen and oxygen atoms in total. The molecule has 2 N–H and O–H groups in total. The summed E-state index contributed by atoms with van der Waals surface area (Å²) in [5.41, 5.74) is 5.20. The zero-order valence-electron chi connectivity index (χ0n) is 8.86. The molecule has 0 aromatic rings. The molecule has 0 bridgehead atoms. The zero-order valence-corrected chi connectivity index (χ0v) is 10.5. The minimum absolute atomic E-state index is 0.0152. The Labute approximate surface area is 91.5 Å². The maximum absolute atomic E-state index is 11.5. The minimum atomic E-state index is -3.29. The molecule has 0 aliphatic carbocycles. The van der Waals surface area contributed by atoms with Gasteiger partial charge in [0.2, 0.25) is 10.0 Å². The van der Waals surface area contributed by atoms with Crippen molar-refractivity contribution in [1.82, 2.24) is 4.31 Å². The molecule has 14 heavy (non-hydrogen) atoms. The number of nitrogens with zero attached hydrogens (tertiary/aromatic N) is 1. The summed E-state index contributed by atoms with van der Waals surface area (Å²) >= 11 is 4.57. The van der Waals surface area contributed by atoms with Gasteiger partial charge in [0.05, 0.1) is 4.99 Å². The van der Waals surface area contributed by atoms with Crippen LogP contribution in [0.2, 0.25) is 0 Å². The summed E-state index contributed by atoms with van der Waals surface area (Å²) in [6, 6.07) is 0. The maximum atomic E-state index is 11.5. The summed E-state index contributed by atoms with van der Waals surface area (Å²) in [7, 11) is -1.74. The molecule has 0 aromatic heterocycles. The molecular formula is C8H18N2O2S2. The lowest BCUT2D eigenvalue weighted by Gasteiger charge is -2.17. The number of rotatable bonds is 6. The van der Waals surface area contributed by atoms with Crippen molar-refractivity contribution in [3.63, 3.8) is 0 Å². The molecule has 6 heteroatoms. The largest absolute Gasteiger partial charge is 0.392 e. The SMILES string of the molecule is CC(C)CCN(C)S(=O)(=O)CC(N)=S. The van der Waals surface area contributed by atoms with Gasteiger partial charge in [-0.25, -0.2) is 12.7 Å². The van der Waals surface area contributed by atoms with Gasteiger partial charge in [-0.15, -0.1) is 0 Å². The molecule has 0 spiro atoms. The van der Waals surface area contributed by atoms with Gasteiger partial charge in [-0.3, -0.25) is 0 Å². The van der Waals surface area contributed by atoms with E-state index in [1.807, 2.05) is 13.8 Å². The van der Waals surface area contributed by atoms with Crippen molar-refractivity contribution in [1.29, 1.82) is 0 Å². The molecule has 0 fully saturated rings. The fourth-order valence-electron chi connectivity index (χ4n) is 0.869. The molecule has 0 amide bonds. The van der Waals surface area contributed by atoms with Crippen molar-refractivity contribution in [2.24, 2.45) is 11.7 Å². The van der Waals surface area contributed by atoms with Crippen LogP contribution in [0.5, 0.6) is 0 Å². The van der Waals surface area contributed by atoms with E-state index in [9.17, 15) is 8.42 Å². The van der Waals surface area contributed by atoms with E-state index in [2.05, 4.69) is 12.2 Å². The molecule has 0 aromatic carbocycles. The Morgan fingerprint density at radius 1 is 1.50 bits per heavy atom. The Bertz CT molecular complexity index is 286. The smallest absolute Gasteiger partial charge is 0.220 e. The van der Waals surface area contributed by atoms with E-state index in [1.54, 1.807) is 7.05 Å². The maximum Gasteiger partial charge on any atom is 0.220 e. The predicted octanol–water partition coefficient (Wildman–Crippen LogP) is 0.580. The van der Waals surface area contributed by atoms with Crippen LogP contribution in [0.3, 0.4) is 0 Å². The summed E-state index contributed by atoms with van der Waals surface area (Å²) < 4.78 is 24.3. The normalized spacial score (nSPS) is 12.4. The Morgan fingerprint density at radius 2 is 2.00 bits per heavy atom. The molecule has 0 aliphatic rings. The van der Waals surface area contributed by atoms with E-state index in [0.29, 0.717) is 12.5 Å². The summed E-state index contributed by atoms with van der Waals surface area (Å²) in [4.78, 5) is 0.0152. The van der Waals surface area contributed by atoms with Crippen LogP contribution in [0.4, 0.5) is 0 Å². The third-order valence-electron chi connectivity index (χ3n) is 1.82. The van der Waals surface area contributed by atoms with Crippen LogP contribution < -0.4 is 5.73 Å². The number of sulfonamides is 1. The van der Waals surface area contributed by atoms with Crippen molar-refractivity contribution < 1.29 is 8.42 Å². The van der Waals surface area contributed by atoms with Crippen LogP contribution in [0.25, 0.3) is 0 Å². The van der Waals surface area contributed by atoms with Gasteiger partial charge in [0.25, 0.3) is 0 Å². The summed E-state index contributed by atoms with van der Waals surface area (Å²) in [5, 5.41) is 0. The lowest BCUT2D eigenvalue weighted by Crippen LogP contribution is -2.35. The Hall–Kier alpha value is -0.200. The van der Waals surface area contributed by atoms with Gasteiger partial charge in [-0.05, 0) is 12.3 Å². The lowest BCUT2D eigenvalue weighted by molar-refractivity contribution is 0.430. The fourth-order valence-corrected chi connectivity index (χ4v) is 2.28. The molecule has 0 rings (SSSR count). The van der Waals surface area contributed by atoms with E-state index in [-0.39, 0.29) is 10.7 Å². The van der Waals surface area contributed by atoms with Gasteiger partial charge < -0.3 is 5.73 Å². The molecule has 0 unspecified atom stereocenters. The average molecular weight is 238 g/mol. The van der Waals surface area contributed by atoms with Crippen molar-refractivity contribution in [3.05, 3.63) is 0 Å². The van der Waals surface area contributed by atoms with Crippen molar-refractivity contribution >= 4 is 27.2 Å². The van der Waals surface area contributed by atoms with Gasteiger partial charge >= 0.3 is 0 Å². The molecule has 0 saturated heterocycles. The first-order valence-electron chi connectivity index (χ1n) is 4.48. The minimum Gasteiger partial charge on any atom is -0.392 e. The molecule has 0 aliphatic heterocycles. The van der Waals surface area contributed by atoms with E-state index in [0.717, 1.165) is 6.42 Å². The average Bonchev–Trinajstić information content (AvgIpc) is 1.97.